The molecule has 1 atom stereocenters. The molecule has 1 aliphatic heterocycles. The first-order valence-electron chi connectivity index (χ1n) is 6.45. The molecule has 0 N–H and O–H groups in total. The fourth-order valence-corrected chi connectivity index (χ4v) is 3.24. The van der Waals surface area contributed by atoms with Gasteiger partial charge in [0.25, 0.3) is 0 Å². The second kappa shape index (κ2) is 4.60. The molecule has 3 rings (SSSR count). The summed E-state index contributed by atoms with van der Waals surface area (Å²) < 4.78 is 0. The van der Waals surface area contributed by atoms with E-state index in [0.717, 1.165) is 5.02 Å². The zero-order valence-corrected chi connectivity index (χ0v) is 11.1. The third-order valence-corrected chi connectivity index (χ3v) is 4.37. The quantitative estimate of drug-likeness (QED) is 0.756. The van der Waals surface area contributed by atoms with Crippen LogP contribution in [-0.2, 0) is 6.42 Å². The van der Waals surface area contributed by atoms with E-state index in [0.29, 0.717) is 6.04 Å². The van der Waals surface area contributed by atoms with Crippen molar-refractivity contribution in [3.63, 3.8) is 0 Å². The van der Waals surface area contributed by atoms with E-state index in [2.05, 4.69) is 29.0 Å². The number of halogens is 1. The first kappa shape index (κ1) is 11.5. The predicted octanol–water partition coefficient (Wildman–Crippen LogP) is 2.57. The van der Waals surface area contributed by atoms with Crippen LogP contribution in [-0.4, -0.2) is 43.0 Å². The second-order valence-corrected chi connectivity index (χ2v) is 5.67. The van der Waals surface area contributed by atoms with Crippen LogP contribution in [0.1, 0.15) is 23.6 Å². The number of nitrogens with zero attached hydrogens (tertiary/aromatic N) is 2. The van der Waals surface area contributed by atoms with Gasteiger partial charge in [0.15, 0.2) is 0 Å². The normalized spacial score (nSPS) is 26.1. The molecule has 0 saturated carbocycles. The smallest absolute Gasteiger partial charge is 0.0409 e. The van der Waals surface area contributed by atoms with Crippen LogP contribution in [0.3, 0.4) is 0 Å². The van der Waals surface area contributed by atoms with Gasteiger partial charge in [-0.15, -0.1) is 0 Å². The minimum absolute atomic E-state index is 0.609. The molecular formula is C14H19ClN2. The average molecular weight is 251 g/mol. The maximum absolute atomic E-state index is 6.12. The van der Waals surface area contributed by atoms with E-state index in [1.54, 1.807) is 0 Å². The molecule has 0 amide bonds. The molecule has 3 heteroatoms. The van der Waals surface area contributed by atoms with Crippen molar-refractivity contribution in [3.8, 4) is 0 Å². The molecule has 1 heterocycles. The van der Waals surface area contributed by atoms with Crippen molar-refractivity contribution < 1.29 is 0 Å². The van der Waals surface area contributed by atoms with Crippen LogP contribution in [0.5, 0.6) is 0 Å². The SMILES string of the molecule is CN1CCN(C2CCc3ccc(Cl)cc32)CC1. The van der Waals surface area contributed by atoms with Gasteiger partial charge in [-0.3, -0.25) is 4.90 Å². The number of rotatable bonds is 1. The first-order chi connectivity index (χ1) is 8.24. The third kappa shape index (κ3) is 2.22. The van der Waals surface area contributed by atoms with E-state index in [1.807, 2.05) is 6.07 Å². The summed E-state index contributed by atoms with van der Waals surface area (Å²) in [7, 11) is 2.21. The Hall–Kier alpha value is -0.570. The number of aryl methyl sites for hydroxylation is 1. The Labute approximate surface area is 108 Å². The number of likely N-dealkylation sites (N-methyl/N-ethyl adjacent to an activating group) is 1. The van der Waals surface area contributed by atoms with Gasteiger partial charge in [0.2, 0.25) is 0 Å². The van der Waals surface area contributed by atoms with Crippen LogP contribution in [0.2, 0.25) is 5.02 Å². The van der Waals surface area contributed by atoms with Crippen LogP contribution in [0, 0.1) is 0 Å². The zero-order valence-electron chi connectivity index (χ0n) is 10.3. The monoisotopic (exact) mass is 250 g/mol. The minimum atomic E-state index is 0.609. The number of fused-ring (bicyclic) bond motifs is 1. The van der Waals surface area contributed by atoms with E-state index in [9.17, 15) is 0 Å². The molecule has 0 spiro atoms. The van der Waals surface area contributed by atoms with Crippen molar-refractivity contribution in [1.82, 2.24) is 9.80 Å². The molecule has 1 fully saturated rings. The molecule has 1 unspecified atom stereocenters. The van der Waals surface area contributed by atoms with Gasteiger partial charge >= 0.3 is 0 Å². The molecule has 1 aromatic carbocycles. The summed E-state index contributed by atoms with van der Waals surface area (Å²) in [5.74, 6) is 0. The Morgan fingerprint density at radius 1 is 1.18 bits per heavy atom. The second-order valence-electron chi connectivity index (χ2n) is 5.24. The summed E-state index contributed by atoms with van der Waals surface area (Å²) in [6.07, 6.45) is 2.48. The summed E-state index contributed by atoms with van der Waals surface area (Å²) in [5, 5.41) is 0.879. The molecule has 1 saturated heterocycles. The molecule has 92 valence electrons. The molecule has 2 aliphatic rings. The molecular weight excluding hydrogens is 232 g/mol. The molecule has 2 nitrogen and oxygen atoms in total. The van der Waals surface area contributed by atoms with Gasteiger partial charge in [0, 0.05) is 37.2 Å². The lowest BCUT2D eigenvalue weighted by Crippen LogP contribution is -2.45. The van der Waals surface area contributed by atoms with Crippen molar-refractivity contribution in [1.29, 1.82) is 0 Å². The van der Waals surface area contributed by atoms with Crippen molar-refractivity contribution in [2.75, 3.05) is 33.2 Å². The highest BCUT2D eigenvalue weighted by molar-refractivity contribution is 6.30. The Balaban J connectivity index is 1.81. The lowest BCUT2D eigenvalue weighted by molar-refractivity contribution is 0.111. The Kier molecular flexibility index (Phi) is 3.12. The highest BCUT2D eigenvalue weighted by Gasteiger charge is 2.29. The number of hydrogen-bond donors (Lipinski definition) is 0. The van der Waals surface area contributed by atoms with E-state index in [4.69, 9.17) is 11.6 Å². The first-order valence-corrected chi connectivity index (χ1v) is 6.83. The van der Waals surface area contributed by atoms with E-state index < -0.39 is 0 Å². The van der Waals surface area contributed by atoms with Crippen molar-refractivity contribution >= 4 is 11.6 Å². The summed E-state index contributed by atoms with van der Waals surface area (Å²) in [5.41, 5.74) is 2.97. The standard InChI is InChI=1S/C14H19ClN2/c1-16-6-8-17(9-7-16)14-5-3-11-2-4-12(15)10-13(11)14/h2,4,10,14H,3,5-9H2,1H3. The van der Waals surface area contributed by atoms with Gasteiger partial charge < -0.3 is 4.90 Å². The van der Waals surface area contributed by atoms with Crippen LogP contribution in [0.15, 0.2) is 18.2 Å². The van der Waals surface area contributed by atoms with Gasteiger partial charge in [-0.05, 0) is 43.1 Å². The molecule has 0 aromatic heterocycles. The van der Waals surface area contributed by atoms with Gasteiger partial charge in [-0.2, -0.15) is 0 Å². The fraction of sp³-hybridized carbons (Fsp3) is 0.571. The van der Waals surface area contributed by atoms with Crippen molar-refractivity contribution in [2.45, 2.75) is 18.9 Å². The highest BCUT2D eigenvalue weighted by atomic mass is 35.5. The number of benzene rings is 1. The lowest BCUT2D eigenvalue weighted by atomic mass is 10.1. The van der Waals surface area contributed by atoms with Crippen molar-refractivity contribution in [3.05, 3.63) is 34.3 Å². The Morgan fingerprint density at radius 3 is 2.71 bits per heavy atom. The number of hydrogen-bond acceptors (Lipinski definition) is 2. The van der Waals surface area contributed by atoms with E-state index >= 15 is 0 Å². The third-order valence-electron chi connectivity index (χ3n) is 4.13. The summed E-state index contributed by atoms with van der Waals surface area (Å²) in [4.78, 5) is 5.03. The van der Waals surface area contributed by atoms with Crippen LogP contribution >= 0.6 is 11.6 Å². The Bertz CT molecular complexity index is 411. The maximum atomic E-state index is 6.12. The van der Waals surface area contributed by atoms with Gasteiger partial charge in [0.05, 0.1) is 0 Å². The summed E-state index contributed by atoms with van der Waals surface area (Å²) >= 11 is 6.12. The highest BCUT2D eigenvalue weighted by Crippen LogP contribution is 2.37. The van der Waals surface area contributed by atoms with Crippen LogP contribution in [0.25, 0.3) is 0 Å². The molecule has 1 aromatic rings. The molecule has 1 aliphatic carbocycles. The molecule has 0 radical (unpaired) electrons. The van der Waals surface area contributed by atoms with Gasteiger partial charge in [0.1, 0.15) is 0 Å². The lowest BCUT2D eigenvalue weighted by Gasteiger charge is -2.36. The van der Waals surface area contributed by atoms with Crippen LogP contribution < -0.4 is 0 Å². The summed E-state index contributed by atoms with van der Waals surface area (Å²) in [6, 6.07) is 7.00. The zero-order chi connectivity index (χ0) is 11.8. The van der Waals surface area contributed by atoms with Gasteiger partial charge in [-0.25, -0.2) is 0 Å². The maximum Gasteiger partial charge on any atom is 0.0409 e. The van der Waals surface area contributed by atoms with Crippen LogP contribution in [0.4, 0.5) is 0 Å². The van der Waals surface area contributed by atoms with E-state index in [-0.39, 0.29) is 0 Å². The minimum Gasteiger partial charge on any atom is -0.304 e. The largest absolute Gasteiger partial charge is 0.304 e. The topological polar surface area (TPSA) is 6.48 Å². The predicted molar refractivity (Wildman–Crippen MR) is 71.6 cm³/mol. The fourth-order valence-electron chi connectivity index (χ4n) is 3.06. The summed E-state index contributed by atoms with van der Waals surface area (Å²) in [6.45, 7) is 4.75. The molecule has 0 bridgehead atoms. The van der Waals surface area contributed by atoms with Crippen molar-refractivity contribution in [2.24, 2.45) is 0 Å². The average Bonchev–Trinajstić information content (AvgIpc) is 2.73. The van der Waals surface area contributed by atoms with Gasteiger partial charge in [-0.1, -0.05) is 17.7 Å². The number of piperazine rings is 1. The van der Waals surface area contributed by atoms with E-state index in [1.165, 1.54) is 50.1 Å². The molecule has 17 heavy (non-hydrogen) atoms. The Morgan fingerprint density at radius 2 is 1.94 bits per heavy atom.